The number of carbonyl (C=O) groups excluding carboxylic acids is 2. The highest BCUT2D eigenvalue weighted by atomic mass is 31.2. The van der Waals surface area contributed by atoms with E-state index in [0.717, 1.165) is 0 Å². The van der Waals surface area contributed by atoms with Crippen molar-refractivity contribution in [3.8, 4) is 0 Å². The van der Waals surface area contributed by atoms with Crippen molar-refractivity contribution >= 4 is 34.5 Å². The summed E-state index contributed by atoms with van der Waals surface area (Å²) in [6, 6.07) is 6.04. The van der Waals surface area contributed by atoms with Gasteiger partial charge >= 0.3 is 27.1 Å². The summed E-state index contributed by atoms with van der Waals surface area (Å²) in [5, 5.41) is 0. The van der Waals surface area contributed by atoms with Gasteiger partial charge in [0, 0.05) is 12.3 Å². The average molecular weight is 312 g/mol. The number of carbonyl (C=O) groups is 2. The molecule has 0 saturated heterocycles. The predicted octanol–water partition coefficient (Wildman–Crippen LogP) is 2.33. The number of rotatable bonds is 4. The Hall–Kier alpha value is -1.12. The normalized spacial score (nSPS) is 15.2. The summed E-state index contributed by atoms with van der Waals surface area (Å²) in [6.45, 7) is 3.43. The second-order valence-electron chi connectivity index (χ2n) is 4.23. The third-order valence-corrected chi connectivity index (χ3v) is 7.95. The lowest BCUT2D eigenvalue weighted by molar-refractivity contribution is 0.0521. The van der Waals surface area contributed by atoms with Gasteiger partial charge in [-0.1, -0.05) is 19.9 Å². The summed E-state index contributed by atoms with van der Waals surface area (Å²) >= 11 is -3.11. The molecule has 0 N–H and O–H groups in total. The van der Waals surface area contributed by atoms with Crippen molar-refractivity contribution in [3.05, 3.63) is 35.4 Å². The van der Waals surface area contributed by atoms with Crippen LogP contribution < -0.4 is 0 Å². The van der Waals surface area contributed by atoms with Crippen LogP contribution in [0.25, 0.3) is 0 Å². The Bertz CT molecular complexity index is 546. The lowest BCUT2D eigenvalue weighted by Crippen LogP contribution is -2.34. The molecular formula is C12H14AlO6P. The first kappa shape index (κ1) is 15.3. The molecule has 6 nitrogen and oxygen atoms in total. The van der Waals surface area contributed by atoms with E-state index in [0.29, 0.717) is 12.3 Å². The zero-order valence-corrected chi connectivity index (χ0v) is 13.2. The molecule has 0 radical (unpaired) electrons. The van der Waals surface area contributed by atoms with Crippen LogP contribution in [0.2, 0.25) is 0 Å². The minimum Gasteiger partial charge on any atom is -0.558 e. The van der Waals surface area contributed by atoms with Crippen molar-refractivity contribution in [2.75, 3.05) is 12.3 Å². The fourth-order valence-electron chi connectivity index (χ4n) is 1.68. The molecule has 1 aromatic carbocycles. The van der Waals surface area contributed by atoms with E-state index < -0.39 is 34.5 Å². The van der Waals surface area contributed by atoms with Crippen LogP contribution in [0.4, 0.5) is 0 Å². The van der Waals surface area contributed by atoms with E-state index in [-0.39, 0.29) is 11.1 Å². The SMILES string of the molecule is CCP(=O)(CC)[O][Al]1[O]C(=O)c2cccc(c2)C(=O)[O]1. The Morgan fingerprint density at radius 2 is 1.60 bits per heavy atom. The first-order valence-corrected chi connectivity index (χ1v) is 9.67. The lowest BCUT2D eigenvalue weighted by atomic mass is 10.1. The highest BCUT2D eigenvalue weighted by Crippen LogP contribution is 2.46. The molecule has 0 unspecified atom stereocenters. The highest BCUT2D eigenvalue weighted by molar-refractivity contribution is 7.60. The van der Waals surface area contributed by atoms with Crippen LogP contribution in [0, 0.1) is 0 Å². The molecule has 2 rings (SSSR count). The summed E-state index contributed by atoms with van der Waals surface area (Å²) in [5.74, 6) is -1.26. The van der Waals surface area contributed by atoms with Gasteiger partial charge in [-0.25, -0.2) is 9.59 Å². The van der Waals surface area contributed by atoms with Gasteiger partial charge in [-0.3, -0.25) is 4.57 Å². The maximum absolute atomic E-state index is 12.3. The smallest absolute Gasteiger partial charge is 0.558 e. The molecule has 0 spiro atoms. The van der Waals surface area contributed by atoms with Crippen molar-refractivity contribution in [1.29, 1.82) is 0 Å². The first-order valence-electron chi connectivity index (χ1n) is 6.26. The van der Waals surface area contributed by atoms with Gasteiger partial charge < -0.3 is 11.2 Å². The molecule has 0 atom stereocenters. The first-order chi connectivity index (χ1) is 9.47. The topological polar surface area (TPSA) is 78.9 Å². The van der Waals surface area contributed by atoms with Gasteiger partial charge in [0.25, 0.3) is 0 Å². The van der Waals surface area contributed by atoms with Crippen LogP contribution >= 0.6 is 7.37 Å². The summed E-state index contributed by atoms with van der Waals surface area (Å²) in [6.07, 6.45) is 0.598. The third-order valence-electron chi connectivity index (χ3n) is 2.98. The van der Waals surface area contributed by atoms with Crippen molar-refractivity contribution in [3.63, 3.8) is 0 Å². The molecule has 0 saturated carbocycles. The molecule has 0 aliphatic carbocycles. The minimum atomic E-state index is -3.11. The van der Waals surface area contributed by atoms with Crippen LogP contribution in [0.5, 0.6) is 0 Å². The molecular weight excluding hydrogens is 298 g/mol. The van der Waals surface area contributed by atoms with E-state index in [1.54, 1.807) is 19.9 Å². The Balaban J connectivity index is 2.25. The van der Waals surface area contributed by atoms with Gasteiger partial charge in [0.1, 0.15) is 0 Å². The molecule has 1 aromatic rings. The molecule has 0 aromatic heterocycles. The monoisotopic (exact) mass is 312 g/mol. The van der Waals surface area contributed by atoms with Crippen molar-refractivity contribution in [1.82, 2.24) is 0 Å². The van der Waals surface area contributed by atoms with Gasteiger partial charge in [0.15, 0.2) is 7.37 Å². The van der Waals surface area contributed by atoms with Crippen molar-refractivity contribution in [2.45, 2.75) is 13.8 Å². The lowest BCUT2D eigenvalue weighted by Gasteiger charge is -2.21. The Morgan fingerprint density at radius 3 is 2.05 bits per heavy atom. The molecule has 8 heteroatoms. The Morgan fingerprint density at radius 1 is 1.10 bits per heavy atom. The fraction of sp³-hybridized carbons (Fsp3) is 0.333. The summed E-state index contributed by atoms with van der Waals surface area (Å²) in [4.78, 5) is 23.7. The number of hydrogen-bond acceptors (Lipinski definition) is 6. The van der Waals surface area contributed by atoms with Crippen LogP contribution in [0.15, 0.2) is 24.3 Å². The van der Waals surface area contributed by atoms with E-state index in [9.17, 15) is 14.2 Å². The summed E-state index contributed by atoms with van der Waals surface area (Å²) in [5.41, 5.74) is 0.506. The Kier molecular flexibility index (Phi) is 4.67. The van der Waals surface area contributed by atoms with Crippen LogP contribution in [0.1, 0.15) is 34.6 Å². The van der Waals surface area contributed by atoms with E-state index in [1.165, 1.54) is 18.2 Å². The molecule has 1 aliphatic rings. The maximum Gasteiger partial charge on any atom is 1.11 e. The Labute approximate surface area is 121 Å². The highest BCUT2D eigenvalue weighted by Gasteiger charge is 2.49. The van der Waals surface area contributed by atoms with Gasteiger partial charge in [0.2, 0.25) is 0 Å². The van der Waals surface area contributed by atoms with Crippen LogP contribution in [0.3, 0.4) is 0 Å². The van der Waals surface area contributed by atoms with Gasteiger partial charge in [-0.05, 0) is 18.2 Å². The molecule has 0 fully saturated rings. The quantitative estimate of drug-likeness (QED) is 0.627. The van der Waals surface area contributed by atoms with Crippen molar-refractivity contribution in [2.24, 2.45) is 0 Å². The second kappa shape index (κ2) is 6.11. The molecule has 20 heavy (non-hydrogen) atoms. The number of fused-ring (bicyclic) bond motifs is 2. The molecule has 106 valence electrons. The van der Waals surface area contributed by atoms with Crippen molar-refractivity contribution < 1.29 is 25.3 Å². The average Bonchev–Trinajstić information content (AvgIpc) is 2.46. The molecule has 1 heterocycles. The molecule has 0 amide bonds. The van der Waals surface area contributed by atoms with E-state index in [1.807, 2.05) is 0 Å². The minimum absolute atomic E-state index is 0.253. The van der Waals surface area contributed by atoms with E-state index in [2.05, 4.69) is 0 Å². The van der Waals surface area contributed by atoms with Gasteiger partial charge in [-0.2, -0.15) is 0 Å². The summed E-state index contributed by atoms with van der Waals surface area (Å²) < 4.78 is 27.7. The molecule has 1 aliphatic heterocycles. The fourth-order valence-corrected chi connectivity index (χ4v) is 5.59. The van der Waals surface area contributed by atoms with Gasteiger partial charge in [-0.15, -0.1) is 0 Å². The second-order valence-corrected chi connectivity index (χ2v) is 9.02. The van der Waals surface area contributed by atoms with Gasteiger partial charge in [0.05, 0.1) is 11.1 Å². The zero-order valence-electron chi connectivity index (χ0n) is 11.2. The zero-order chi connectivity index (χ0) is 14.8. The van der Waals surface area contributed by atoms with Crippen LogP contribution in [-0.4, -0.2) is 39.4 Å². The largest absolute Gasteiger partial charge is 1.11 e. The van der Waals surface area contributed by atoms with E-state index in [4.69, 9.17) is 11.2 Å². The number of benzene rings is 1. The standard InChI is InChI=1S/C8H6O4.C4H11O2P.Al/c9-7(10)5-2-1-3-6(4-5)8(11)12;1-3-7(5,6)4-2;/h1-4H,(H,9,10)(H,11,12);3-4H2,1-2H3,(H,5,6);/q;;+3/p-3. The number of hydrogen-bond donors (Lipinski definition) is 0. The third kappa shape index (κ3) is 3.31. The van der Waals surface area contributed by atoms with E-state index >= 15 is 0 Å². The van der Waals surface area contributed by atoms with Crippen LogP contribution in [-0.2, 0) is 15.7 Å². The molecule has 2 bridgehead atoms. The maximum atomic E-state index is 12.3. The predicted molar refractivity (Wildman–Crippen MR) is 72.8 cm³/mol. The summed E-state index contributed by atoms with van der Waals surface area (Å²) in [7, 11) is -2.92.